The molecule has 0 saturated heterocycles. The highest BCUT2D eigenvalue weighted by molar-refractivity contribution is 7.99. The normalized spacial score (nSPS) is 16.9. The Morgan fingerprint density at radius 2 is 2.15 bits per heavy atom. The lowest BCUT2D eigenvalue weighted by atomic mass is 9.96. The highest BCUT2D eigenvalue weighted by Gasteiger charge is 2.12. The molecule has 1 aromatic carbocycles. The molecule has 3 nitrogen and oxygen atoms in total. The van der Waals surface area contributed by atoms with Crippen LogP contribution >= 0.6 is 11.8 Å². The molecule has 0 aliphatic heterocycles. The molecule has 1 aliphatic carbocycles. The molecular formula is C16H23N3S. The van der Waals surface area contributed by atoms with E-state index in [9.17, 15) is 0 Å². The van der Waals surface area contributed by atoms with Crippen LogP contribution in [0.5, 0.6) is 0 Å². The molecule has 0 atom stereocenters. The minimum atomic E-state index is 0.752. The van der Waals surface area contributed by atoms with E-state index < -0.39 is 0 Å². The summed E-state index contributed by atoms with van der Waals surface area (Å²) in [6, 6.07) is 7.11. The van der Waals surface area contributed by atoms with Gasteiger partial charge in [0.15, 0.2) is 5.16 Å². The van der Waals surface area contributed by atoms with Crippen LogP contribution < -0.4 is 5.32 Å². The zero-order chi connectivity index (χ0) is 13.8. The van der Waals surface area contributed by atoms with Crippen molar-refractivity contribution in [2.24, 2.45) is 0 Å². The number of hydrogen-bond acceptors (Lipinski definition) is 3. The van der Waals surface area contributed by atoms with Crippen LogP contribution in [-0.2, 0) is 0 Å². The quantitative estimate of drug-likeness (QED) is 0.648. The number of aromatic amines is 1. The van der Waals surface area contributed by atoms with E-state index >= 15 is 0 Å². The van der Waals surface area contributed by atoms with E-state index in [0.29, 0.717) is 0 Å². The van der Waals surface area contributed by atoms with Crippen molar-refractivity contribution >= 4 is 22.8 Å². The first-order chi connectivity index (χ1) is 9.81. The molecule has 1 fully saturated rings. The molecule has 0 unspecified atom stereocenters. The van der Waals surface area contributed by atoms with E-state index in [1.54, 1.807) is 0 Å². The van der Waals surface area contributed by atoms with Crippen LogP contribution in [0.2, 0.25) is 0 Å². The van der Waals surface area contributed by atoms with E-state index in [-0.39, 0.29) is 0 Å². The lowest BCUT2D eigenvalue weighted by Gasteiger charge is -2.22. The molecular weight excluding hydrogens is 266 g/mol. The fraction of sp³-hybridized carbons (Fsp3) is 0.562. The van der Waals surface area contributed by atoms with Gasteiger partial charge in [-0.25, -0.2) is 4.98 Å². The van der Waals surface area contributed by atoms with Gasteiger partial charge in [-0.1, -0.05) is 37.1 Å². The topological polar surface area (TPSA) is 40.7 Å². The number of H-pyrrole nitrogens is 1. The van der Waals surface area contributed by atoms with Crippen molar-refractivity contribution in [2.75, 3.05) is 12.3 Å². The van der Waals surface area contributed by atoms with Gasteiger partial charge in [-0.3, -0.25) is 0 Å². The third kappa shape index (κ3) is 3.55. The summed E-state index contributed by atoms with van der Waals surface area (Å²) in [5.41, 5.74) is 3.49. The molecule has 0 spiro atoms. The maximum absolute atomic E-state index is 4.62. The monoisotopic (exact) mass is 289 g/mol. The third-order valence-corrected chi connectivity index (χ3v) is 4.87. The molecule has 2 aromatic rings. The van der Waals surface area contributed by atoms with Crippen LogP contribution in [0.25, 0.3) is 11.0 Å². The number of thioether (sulfide) groups is 1. The standard InChI is InChI=1S/C16H23N3S/c1-12-7-8-14-15(11-12)19-16(18-14)20-10-9-17-13-5-3-2-4-6-13/h7-8,11,13,17H,2-6,9-10H2,1H3,(H,18,19). The van der Waals surface area contributed by atoms with Crippen LogP contribution in [0.15, 0.2) is 23.4 Å². The van der Waals surface area contributed by atoms with Gasteiger partial charge < -0.3 is 10.3 Å². The first kappa shape index (κ1) is 14.0. The molecule has 0 radical (unpaired) electrons. The maximum atomic E-state index is 4.62. The van der Waals surface area contributed by atoms with Gasteiger partial charge in [-0.2, -0.15) is 0 Å². The molecule has 108 valence electrons. The van der Waals surface area contributed by atoms with Gasteiger partial charge in [0, 0.05) is 18.3 Å². The molecule has 20 heavy (non-hydrogen) atoms. The third-order valence-electron chi connectivity index (χ3n) is 3.99. The Hall–Kier alpha value is -1.00. The van der Waals surface area contributed by atoms with Crippen molar-refractivity contribution < 1.29 is 0 Å². The lowest BCUT2D eigenvalue weighted by molar-refractivity contribution is 0.381. The largest absolute Gasteiger partial charge is 0.333 e. The first-order valence-electron chi connectivity index (χ1n) is 7.64. The van der Waals surface area contributed by atoms with Crippen LogP contribution in [-0.4, -0.2) is 28.3 Å². The number of imidazole rings is 1. The second-order valence-corrected chi connectivity index (χ2v) is 6.78. The van der Waals surface area contributed by atoms with Gasteiger partial charge in [0.2, 0.25) is 0 Å². The van der Waals surface area contributed by atoms with Crippen molar-refractivity contribution in [2.45, 2.75) is 50.2 Å². The number of benzene rings is 1. The molecule has 0 bridgehead atoms. The molecule has 1 saturated carbocycles. The molecule has 4 heteroatoms. The number of nitrogens with one attached hydrogen (secondary N) is 2. The summed E-state index contributed by atoms with van der Waals surface area (Å²) in [6.07, 6.45) is 6.93. The van der Waals surface area contributed by atoms with Gasteiger partial charge in [0.1, 0.15) is 0 Å². The van der Waals surface area contributed by atoms with Gasteiger partial charge in [-0.05, 0) is 37.5 Å². The summed E-state index contributed by atoms with van der Waals surface area (Å²) in [6.45, 7) is 3.19. The predicted octanol–water partition coefficient (Wildman–Crippen LogP) is 3.89. The van der Waals surface area contributed by atoms with Gasteiger partial charge in [-0.15, -0.1) is 0 Å². The van der Waals surface area contributed by atoms with E-state index in [1.807, 2.05) is 11.8 Å². The van der Waals surface area contributed by atoms with E-state index in [2.05, 4.69) is 40.4 Å². The van der Waals surface area contributed by atoms with Crippen LogP contribution in [0.1, 0.15) is 37.7 Å². The van der Waals surface area contributed by atoms with Crippen LogP contribution in [0, 0.1) is 6.92 Å². The Labute approximate surface area is 124 Å². The van der Waals surface area contributed by atoms with Gasteiger partial charge in [0.05, 0.1) is 11.0 Å². The summed E-state index contributed by atoms with van der Waals surface area (Å²) >= 11 is 1.81. The number of hydrogen-bond donors (Lipinski definition) is 2. The highest BCUT2D eigenvalue weighted by atomic mass is 32.2. The minimum Gasteiger partial charge on any atom is -0.333 e. The summed E-state index contributed by atoms with van der Waals surface area (Å²) in [4.78, 5) is 8.02. The Morgan fingerprint density at radius 1 is 1.30 bits per heavy atom. The summed E-state index contributed by atoms with van der Waals surface area (Å²) in [5, 5.41) is 4.71. The maximum Gasteiger partial charge on any atom is 0.166 e. The molecule has 0 amide bonds. The zero-order valence-corrected chi connectivity index (χ0v) is 12.9. The number of aromatic nitrogens is 2. The molecule has 1 aliphatic rings. The highest BCUT2D eigenvalue weighted by Crippen LogP contribution is 2.20. The Kier molecular flexibility index (Phi) is 4.63. The predicted molar refractivity (Wildman–Crippen MR) is 86.4 cm³/mol. The summed E-state index contributed by atoms with van der Waals surface area (Å²) < 4.78 is 0. The second kappa shape index (κ2) is 6.64. The second-order valence-electron chi connectivity index (χ2n) is 5.70. The van der Waals surface area contributed by atoms with E-state index in [4.69, 9.17) is 0 Å². The SMILES string of the molecule is Cc1ccc2nc(SCCNC3CCCCC3)[nH]c2c1. The van der Waals surface area contributed by atoms with E-state index in [1.165, 1.54) is 37.7 Å². The summed E-state index contributed by atoms with van der Waals surface area (Å²) in [7, 11) is 0. The smallest absolute Gasteiger partial charge is 0.166 e. The number of nitrogens with zero attached hydrogens (tertiary/aromatic N) is 1. The zero-order valence-electron chi connectivity index (χ0n) is 12.1. The van der Waals surface area contributed by atoms with Crippen LogP contribution in [0.4, 0.5) is 0 Å². The van der Waals surface area contributed by atoms with Crippen LogP contribution in [0.3, 0.4) is 0 Å². The molecule has 1 heterocycles. The van der Waals surface area contributed by atoms with Gasteiger partial charge in [0.25, 0.3) is 0 Å². The minimum absolute atomic E-state index is 0.752. The fourth-order valence-electron chi connectivity index (χ4n) is 2.89. The van der Waals surface area contributed by atoms with Crippen molar-refractivity contribution in [3.8, 4) is 0 Å². The molecule has 1 aromatic heterocycles. The van der Waals surface area contributed by atoms with Crippen molar-refractivity contribution in [3.05, 3.63) is 23.8 Å². The summed E-state index contributed by atoms with van der Waals surface area (Å²) in [5.74, 6) is 1.08. The Balaban J connectivity index is 1.47. The molecule has 2 N–H and O–H groups in total. The van der Waals surface area contributed by atoms with Crippen molar-refractivity contribution in [1.82, 2.24) is 15.3 Å². The number of fused-ring (bicyclic) bond motifs is 1. The average molecular weight is 289 g/mol. The molecule has 3 rings (SSSR count). The number of aryl methyl sites for hydroxylation is 1. The fourth-order valence-corrected chi connectivity index (χ4v) is 3.64. The van der Waals surface area contributed by atoms with E-state index in [0.717, 1.165) is 34.5 Å². The lowest BCUT2D eigenvalue weighted by Crippen LogP contribution is -2.32. The average Bonchev–Trinajstić information content (AvgIpc) is 2.86. The van der Waals surface area contributed by atoms with Crippen molar-refractivity contribution in [3.63, 3.8) is 0 Å². The first-order valence-corrected chi connectivity index (χ1v) is 8.62. The van der Waals surface area contributed by atoms with Crippen molar-refractivity contribution in [1.29, 1.82) is 0 Å². The Morgan fingerprint density at radius 3 is 3.00 bits per heavy atom. The van der Waals surface area contributed by atoms with Gasteiger partial charge >= 0.3 is 0 Å². The number of rotatable bonds is 5. The Bertz CT molecular complexity index is 558.